The van der Waals surface area contributed by atoms with Gasteiger partial charge in [0.15, 0.2) is 0 Å². The third-order valence-electron chi connectivity index (χ3n) is 3.93. The van der Waals surface area contributed by atoms with Gasteiger partial charge in [-0.05, 0) is 48.9 Å². The van der Waals surface area contributed by atoms with Crippen LogP contribution in [0.25, 0.3) is 0 Å². The van der Waals surface area contributed by atoms with Gasteiger partial charge in [0.1, 0.15) is 6.04 Å². The SMILES string of the molecule is CC1(C)CCCN(CCc2ccncc2)C1C#N. The number of rotatable bonds is 3. The second-order valence-electron chi connectivity index (χ2n) is 5.77. The van der Waals surface area contributed by atoms with Crippen LogP contribution in [0.3, 0.4) is 0 Å². The minimum atomic E-state index is 0.0492. The minimum Gasteiger partial charge on any atom is -0.287 e. The monoisotopic (exact) mass is 243 g/mol. The molecule has 0 aliphatic carbocycles. The van der Waals surface area contributed by atoms with Crippen molar-refractivity contribution in [3.63, 3.8) is 0 Å². The number of nitriles is 1. The van der Waals surface area contributed by atoms with Crippen molar-refractivity contribution in [1.82, 2.24) is 9.88 Å². The third-order valence-corrected chi connectivity index (χ3v) is 3.93. The first-order valence-corrected chi connectivity index (χ1v) is 6.66. The van der Waals surface area contributed by atoms with Crippen LogP contribution in [-0.2, 0) is 6.42 Å². The van der Waals surface area contributed by atoms with Crippen molar-refractivity contribution >= 4 is 0 Å². The van der Waals surface area contributed by atoms with E-state index in [1.807, 2.05) is 12.4 Å². The van der Waals surface area contributed by atoms with Crippen LogP contribution >= 0.6 is 0 Å². The highest BCUT2D eigenvalue weighted by molar-refractivity contribution is 5.11. The summed E-state index contributed by atoms with van der Waals surface area (Å²) >= 11 is 0. The van der Waals surface area contributed by atoms with Gasteiger partial charge in [0, 0.05) is 18.9 Å². The van der Waals surface area contributed by atoms with Crippen molar-refractivity contribution in [2.24, 2.45) is 5.41 Å². The van der Waals surface area contributed by atoms with E-state index in [0.717, 1.165) is 25.9 Å². The molecule has 0 amide bonds. The molecule has 0 radical (unpaired) electrons. The number of hydrogen-bond acceptors (Lipinski definition) is 3. The lowest BCUT2D eigenvalue weighted by atomic mass is 9.77. The van der Waals surface area contributed by atoms with Crippen molar-refractivity contribution in [1.29, 1.82) is 5.26 Å². The first-order chi connectivity index (χ1) is 8.63. The molecule has 3 heteroatoms. The molecule has 0 bridgehead atoms. The predicted octanol–water partition coefficient (Wildman–Crippen LogP) is 2.64. The van der Waals surface area contributed by atoms with Gasteiger partial charge in [-0.25, -0.2) is 0 Å². The smallest absolute Gasteiger partial charge is 0.103 e. The molecule has 96 valence electrons. The maximum Gasteiger partial charge on any atom is 0.103 e. The van der Waals surface area contributed by atoms with Crippen LogP contribution in [0.15, 0.2) is 24.5 Å². The van der Waals surface area contributed by atoms with Gasteiger partial charge in [-0.1, -0.05) is 13.8 Å². The number of piperidine rings is 1. The van der Waals surface area contributed by atoms with Gasteiger partial charge >= 0.3 is 0 Å². The summed E-state index contributed by atoms with van der Waals surface area (Å²) in [7, 11) is 0. The molecule has 1 aromatic rings. The highest BCUT2D eigenvalue weighted by Crippen LogP contribution is 2.34. The molecular weight excluding hydrogens is 222 g/mol. The zero-order valence-corrected chi connectivity index (χ0v) is 11.3. The second-order valence-corrected chi connectivity index (χ2v) is 5.77. The standard InChI is InChI=1S/C15H21N3/c1-15(2)7-3-10-18(14(15)12-16)11-6-13-4-8-17-9-5-13/h4-5,8-9,14H,3,6-7,10-11H2,1-2H3. The molecule has 1 fully saturated rings. The third kappa shape index (κ3) is 2.88. The number of pyridine rings is 1. The van der Waals surface area contributed by atoms with Crippen molar-refractivity contribution < 1.29 is 0 Å². The summed E-state index contributed by atoms with van der Waals surface area (Å²) in [6.45, 7) is 6.43. The summed E-state index contributed by atoms with van der Waals surface area (Å²) in [4.78, 5) is 6.37. The largest absolute Gasteiger partial charge is 0.287 e. The van der Waals surface area contributed by atoms with E-state index in [2.05, 4.69) is 41.9 Å². The van der Waals surface area contributed by atoms with Gasteiger partial charge in [-0.2, -0.15) is 5.26 Å². The molecule has 1 aliphatic rings. The molecule has 1 aliphatic heterocycles. The van der Waals surface area contributed by atoms with Crippen LogP contribution in [-0.4, -0.2) is 29.0 Å². The Morgan fingerprint density at radius 3 is 2.83 bits per heavy atom. The molecule has 0 aromatic carbocycles. The number of likely N-dealkylation sites (tertiary alicyclic amines) is 1. The molecule has 3 nitrogen and oxygen atoms in total. The Kier molecular flexibility index (Phi) is 3.98. The normalized spacial score (nSPS) is 23.5. The summed E-state index contributed by atoms with van der Waals surface area (Å²) in [5.74, 6) is 0. The van der Waals surface area contributed by atoms with Crippen molar-refractivity contribution in [2.45, 2.75) is 39.2 Å². The van der Waals surface area contributed by atoms with Crippen molar-refractivity contribution in [3.8, 4) is 6.07 Å². The summed E-state index contributed by atoms with van der Waals surface area (Å²) in [5, 5.41) is 9.39. The maximum atomic E-state index is 9.39. The lowest BCUT2D eigenvalue weighted by molar-refractivity contribution is 0.0734. The molecule has 1 saturated heterocycles. The fourth-order valence-corrected chi connectivity index (χ4v) is 2.82. The zero-order chi connectivity index (χ0) is 13.0. The van der Waals surface area contributed by atoms with Gasteiger partial charge in [-0.3, -0.25) is 9.88 Å². The van der Waals surface area contributed by atoms with E-state index < -0.39 is 0 Å². The van der Waals surface area contributed by atoms with Crippen molar-refractivity contribution in [2.75, 3.05) is 13.1 Å². The minimum absolute atomic E-state index is 0.0492. The molecule has 1 aromatic heterocycles. The summed E-state index contributed by atoms with van der Waals surface area (Å²) < 4.78 is 0. The molecule has 1 unspecified atom stereocenters. The zero-order valence-electron chi connectivity index (χ0n) is 11.3. The lowest BCUT2D eigenvalue weighted by Gasteiger charge is -2.42. The maximum absolute atomic E-state index is 9.39. The molecule has 1 atom stereocenters. The summed E-state index contributed by atoms with van der Waals surface area (Å²) in [6.07, 6.45) is 7.00. The Hall–Kier alpha value is -1.40. The van der Waals surface area contributed by atoms with Crippen LogP contribution in [0.1, 0.15) is 32.3 Å². The lowest BCUT2D eigenvalue weighted by Crippen LogP contribution is -2.49. The molecule has 0 N–H and O–H groups in total. The molecule has 18 heavy (non-hydrogen) atoms. The molecule has 2 heterocycles. The van der Waals surface area contributed by atoms with E-state index in [1.165, 1.54) is 12.0 Å². The van der Waals surface area contributed by atoms with Gasteiger partial charge < -0.3 is 0 Å². The molecule has 2 rings (SSSR count). The fraction of sp³-hybridized carbons (Fsp3) is 0.600. The second kappa shape index (κ2) is 5.49. The Morgan fingerprint density at radius 2 is 2.17 bits per heavy atom. The van der Waals surface area contributed by atoms with Gasteiger partial charge in [0.05, 0.1) is 6.07 Å². The van der Waals surface area contributed by atoms with E-state index in [-0.39, 0.29) is 11.5 Å². The average molecular weight is 243 g/mol. The average Bonchev–Trinajstić information content (AvgIpc) is 2.36. The first kappa shape index (κ1) is 13.0. The number of hydrogen-bond donors (Lipinski definition) is 0. The molecule has 0 spiro atoms. The van der Waals surface area contributed by atoms with E-state index >= 15 is 0 Å². The van der Waals surface area contributed by atoms with E-state index in [0.29, 0.717) is 0 Å². The van der Waals surface area contributed by atoms with Crippen LogP contribution < -0.4 is 0 Å². The van der Waals surface area contributed by atoms with Gasteiger partial charge in [0.2, 0.25) is 0 Å². The topological polar surface area (TPSA) is 39.9 Å². The Labute approximate surface area is 109 Å². The van der Waals surface area contributed by atoms with Gasteiger partial charge in [-0.15, -0.1) is 0 Å². The predicted molar refractivity (Wildman–Crippen MR) is 71.9 cm³/mol. The highest BCUT2D eigenvalue weighted by atomic mass is 15.2. The Bertz CT molecular complexity index is 419. The summed E-state index contributed by atoms with van der Waals surface area (Å²) in [5.41, 5.74) is 1.41. The highest BCUT2D eigenvalue weighted by Gasteiger charge is 2.37. The van der Waals surface area contributed by atoms with Crippen molar-refractivity contribution in [3.05, 3.63) is 30.1 Å². The number of aromatic nitrogens is 1. The van der Waals surface area contributed by atoms with Crippen LogP contribution in [0.4, 0.5) is 0 Å². The summed E-state index contributed by atoms with van der Waals surface area (Å²) in [6, 6.07) is 6.65. The van der Waals surface area contributed by atoms with E-state index in [4.69, 9.17) is 0 Å². The molecular formula is C15H21N3. The van der Waals surface area contributed by atoms with E-state index in [1.54, 1.807) is 0 Å². The van der Waals surface area contributed by atoms with Gasteiger partial charge in [0.25, 0.3) is 0 Å². The molecule has 0 saturated carbocycles. The van der Waals surface area contributed by atoms with E-state index in [9.17, 15) is 5.26 Å². The van der Waals surface area contributed by atoms with Crippen LogP contribution in [0, 0.1) is 16.7 Å². The number of nitrogens with zero attached hydrogens (tertiary/aromatic N) is 3. The Morgan fingerprint density at radius 1 is 1.44 bits per heavy atom. The fourth-order valence-electron chi connectivity index (χ4n) is 2.82. The first-order valence-electron chi connectivity index (χ1n) is 6.66. The quantitative estimate of drug-likeness (QED) is 0.819. The van der Waals surface area contributed by atoms with Crippen LogP contribution in [0.5, 0.6) is 0 Å². The van der Waals surface area contributed by atoms with Crippen LogP contribution in [0.2, 0.25) is 0 Å². The Balaban J connectivity index is 1.98.